The summed E-state index contributed by atoms with van der Waals surface area (Å²) >= 11 is 0. The van der Waals surface area contributed by atoms with Gasteiger partial charge in [0.1, 0.15) is 5.75 Å². The minimum absolute atomic E-state index is 0.261. The first-order valence-corrected chi connectivity index (χ1v) is 10.8. The van der Waals surface area contributed by atoms with Crippen LogP contribution >= 0.6 is 0 Å². The summed E-state index contributed by atoms with van der Waals surface area (Å²) in [5.41, 5.74) is 2.21. The van der Waals surface area contributed by atoms with E-state index in [1.165, 1.54) is 56.3 Å². The Kier molecular flexibility index (Phi) is 6.23. The number of carbonyl (C=O) groups is 1. The summed E-state index contributed by atoms with van der Waals surface area (Å²) in [6.07, 6.45) is 1.45. The number of ether oxygens (including phenoxy) is 1. The summed E-state index contributed by atoms with van der Waals surface area (Å²) in [7, 11) is 0. The van der Waals surface area contributed by atoms with E-state index >= 15 is 0 Å². The van der Waals surface area contributed by atoms with Gasteiger partial charge in [-0.3, -0.25) is 9.69 Å². The Labute approximate surface area is 180 Å². The van der Waals surface area contributed by atoms with Gasteiger partial charge in [-0.05, 0) is 93.5 Å². The molecule has 2 aromatic rings. The van der Waals surface area contributed by atoms with E-state index in [1.54, 1.807) is 0 Å². The van der Waals surface area contributed by atoms with Crippen LogP contribution in [0.15, 0.2) is 48.5 Å². The quantitative estimate of drug-likeness (QED) is 0.634. The van der Waals surface area contributed by atoms with Gasteiger partial charge in [-0.25, -0.2) is 0 Å². The van der Waals surface area contributed by atoms with E-state index in [-0.39, 0.29) is 17.2 Å². The smallest absolute Gasteiger partial charge is 0.406 e. The van der Waals surface area contributed by atoms with Gasteiger partial charge in [0, 0.05) is 23.3 Å². The number of hydrogen-bond donors (Lipinski definition) is 1. The Balaban J connectivity index is 1.33. The first-order chi connectivity index (χ1) is 14.8. The molecule has 0 spiro atoms. The van der Waals surface area contributed by atoms with Crippen molar-refractivity contribution in [3.05, 3.63) is 59.7 Å². The molecule has 0 radical (unpaired) electrons. The predicted molar refractivity (Wildman–Crippen MR) is 113 cm³/mol. The van der Waals surface area contributed by atoms with Crippen LogP contribution in [0.5, 0.6) is 5.75 Å². The number of rotatable bonds is 5. The van der Waals surface area contributed by atoms with Crippen molar-refractivity contribution < 1.29 is 22.7 Å². The van der Waals surface area contributed by atoms with Crippen LogP contribution in [0.1, 0.15) is 60.9 Å². The molecule has 1 saturated carbocycles. The van der Waals surface area contributed by atoms with E-state index in [0.717, 1.165) is 12.1 Å². The number of benzene rings is 2. The molecular formula is C24H27F3N2O2. The van der Waals surface area contributed by atoms with Crippen molar-refractivity contribution in [1.29, 1.82) is 0 Å². The van der Waals surface area contributed by atoms with Crippen molar-refractivity contribution in [2.75, 3.05) is 11.9 Å². The summed E-state index contributed by atoms with van der Waals surface area (Å²) < 4.78 is 40.6. The van der Waals surface area contributed by atoms with E-state index in [1.807, 2.05) is 12.1 Å². The SMILES string of the molecule is C[C@H]1CCCN1[C@H]1CC[C@H](c2ccc(NC(=O)c3ccc(OC(F)(F)F)cc3)cc2)C1. The van der Waals surface area contributed by atoms with Crippen LogP contribution in [-0.4, -0.2) is 35.8 Å². The fraction of sp³-hybridized carbons (Fsp3) is 0.458. The summed E-state index contributed by atoms with van der Waals surface area (Å²) in [6, 6.07) is 14.1. The van der Waals surface area contributed by atoms with Crippen molar-refractivity contribution in [2.24, 2.45) is 0 Å². The molecule has 1 saturated heterocycles. The summed E-state index contributed by atoms with van der Waals surface area (Å²) in [5.74, 6) is -0.189. The largest absolute Gasteiger partial charge is 0.573 e. The molecule has 1 amide bonds. The fourth-order valence-corrected chi connectivity index (χ4v) is 4.91. The van der Waals surface area contributed by atoms with Gasteiger partial charge in [-0.15, -0.1) is 13.2 Å². The molecule has 1 N–H and O–H groups in total. The van der Waals surface area contributed by atoms with Crippen LogP contribution in [0.4, 0.5) is 18.9 Å². The molecule has 4 nitrogen and oxygen atoms in total. The molecule has 1 aliphatic heterocycles. The standard InChI is InChI=1S/C24H27F3N2O2/c1-16-3-2-14-29(16)21-11-6-19(15-21)17-4-9-20(10-5-17)28-23(30)18-7-12-22(13-8-18)31-24(25,26)27/h4-5,7-10,12-13,16,19,21H,2-3,6,11,14-15H2,1H3,(H,28,30)/t16-,19-,21-/m0/s1. The Morgan fingerprint density at radius 1 is 1.03 bits per heavy atom. The maximum atomic E-state index is 12.4. The Bertz CT molecular complexity index is 897. The van der Waals surface area contributed by atoms with Gasteiger partial charge >= 0.3 is 6.36 Å². The molecule has 1 aliphatic carbocycles. The third-order valence-corrected chi connectivity index (χ3v) is 6.47. The highest BCUT2D eigenvalue weighted by Crippen LogP contribution is 2.39. The normalized spacial score (nSPS) is 24.3. The third-order valence-electron chi connectivity index (χ3n) is 6.47. The molecule has 2 aliphatic rings. The van der Waals surface area contributed by atoms with Crippen molar-refractivity contribution in [2.45, 2.75) is 63.4 Å². The van der Waals surface area contributed by atoms with Crippen molar-refractivity contribution in [3.8, 4) is 5.75 Å². The molecule has 0 unspecified atom stereocenters. The van der Waals surface area contributed by atoms with Crippen LogP contribution in [0.2, 0.25) is 0 Å². The minimum atomic E-state index is -4.75. The number of halogens is 3. The van der Waals surface area contributed by atoms with Crippen molar-refractivity contribution >= 4 is 11.6 Å². The molecule has 0 bridgehead atoms. The maximum Gasteiger partial charge on any atom is 0.573 e. The van der Waals surface area contributed by atoms with Gasteiger partial charge in [-0.2, -0.15) is 0 Å². The topological polar surface area (TPSA) is 41.6 Å². The van der Waals surface area contributed by atoms with Crippen LogP contribution < -0.4 is 10.1 Å². The number of nitrogens with zero attached hydrogens (tertiary/aromatic N) is 1. The second-order valence-electron chi connectivity index (χ2n) is 8.54. The lowest BCUT2D eigenvalue weighted by atomic mass is 9.97. The first-order valence-electron chi connectivity index (χ1n) is 10.8. The Hall–Kier alpha value is -2.54. The van der Waals surface area contributed by atoms with Crippen LogP contribution in [0, 0.1) is 0 Å². The number of alkyl halides is 3. The van der Waals surface area contributed by atoms with Gasteiger partial charge in [0.2, 0.25) is 0 Å². The highest BCUT2D eigenvalue weighted by Gasteiger charge is 2.34. The maximum absolute atomic E-state index is 12.4. The van der Waals surface area contributed by atoms with E-state index in [9.17, 15) is 18.0 Å². The number of carbonyl (C=O) groups excluding carboxylic acids is 1. The molecule has 166 valence electrons. The van der Waals surface area contributed by atoms with E-state index < -0.39 is 6.36 Å². The van der Waals surface area contributed by atoms with Gasteiger partial charge in [0.15, 0.2) is 0 Å². The summed E-state index contributed by atoms with van der Waals surface area (Å²) in [6.45, 7) is 3.54. The highest BCUT2D eigenvalue weighted by atomic mass is 19.4. The molecule has 4 rings (SSSR count). The lowest BCUT2D eigenvalue weighted by Crippen LogP contribution is -2.35. The van der Waals surface area contributed by atoms with Crippen LogP contribution in [0.25, 0.3) is 0 Å². The Morgan fingerprint density at radius 3 is 2.35 bits per heavy atom. The highest BCUT2D eigenvalue weighted by molar-refractivity contribution is 6.04. The average molecular weight is 432 g/mol. The number of nitrogens with one attached hydrogen (secondary N) is 1. The van der Waals surface area contributed by atoms with Gasteiger partial charge in [0.05, 0.1) is 0 Å². The number of likely N-dealkylation sites (tertiary alicyclic amines) is 1. The third kappa shape index (κ3) is 5.39. The zero-order valence-corrected chi connectivity index (χ0v) is 17.5. The van der Waals surface area contributed by atoms with Crippen molar-refractivity contribution in [1.82, 2.24) is 4.90 Å². The van der Waals surface area contributed by atoms with E-state index in [4.69, 9.17) is 0 Å². The lowest BCUT2D eigenvalue weighted by molar-refractivity contribution is -0.274. The van der Waals surface area contributed by atoms with Gasteiger partial charge in [-0.1, -0.05) is 12.1 Å². The molecule has 31 heavy (non-hydrogen) atoms. The van der Waals surface area contributed by atoms with Gasteiger partial charge < -0.3 is 10.1 Å². The first kappa shape index (κ1) is 21.7. The minimum Gasteiger partial charge on any atom is -0.406 e. The summed E-state index contributed by atoms with van der Waals surface area (Å²) in [5, 5.41) is 2.79. The van der Waals surface area contributed by atoms with E-state index in [2.05, 4.69) is 34.0 Å². The van der Waals surface area contributed by atoms with Crippen LogP contribution in [0.3, 0.4) is 0 Å². The van der Waals surface area contributed by atoms with Crippen molar-refractivity contribution in [3.63, 3.8) is 0 Å². The number of hydrogen-bond acceptors (Lipinski definition) is 3. The molecule has 3 atom stereocenters. The lowest BCUT2D eigenvalue weighted by Gasteiger charge is -2.28. The molecule has 2 fully saturated rings. The molecule has 0 aromatic heterocycles. The molecular weight excluding hydrogens is 405 g/mol. The average Bonchev–Trinajstić information content (AvgIpc) is 3.37. The number of amides is 1. The fourth-order valence-electron chi connectivity index (χ4n) is 4.91. The second kappa shape index (κ2) is 8.91. The monoisotopic (exact) mass is 432 g/mol. The second-order valence-corrected chi connectivity index (χ2v) is 8.54. The predicted octanol–water partition coefficient (Wildman–Crippen LogP) is 5.96. The number of anilines is 1. The van der Waals surface area contributed by atoms with E-state index in [0.29, 0.717) is 23.7 Å². The zero-order valence-electron chi connectivity index (χ0n) is 17.5. The Morgan fingerprint density at radius 2 is 1.74 bits per heavy atom. The van der Waals surface area contributed by atoms with Crippen LogP contribution in [-0.2, 0) is 0 Å². The zero-order chi connectivity index (χ0) is 22.0. The molecule has 7 heteroatoms. The summed E-state index contributed by atoms with van der Waals surface area (Å²) in [4.78, 5) is 15.1. The molecule has 1 heterocycles. The van der Waals surface area contributed by atoms with Gasteiger partial charge in [0.25, 0.3) is 5.91 Å². The molecule has 2 aromatic carbocycles.